The lowest BCUT2D eigenvalue weighted by molar-refractivity contribution is 0.100. The molecule has 0 heterocycles. The summed E-state index contributed by atoms with van der Waals surface area (Å²) in [7, 11) is 0. The van der Waals surface area contributed by atoms with E-state index in [9.17, 15) is 5.11 Å². The van der Waals surface area contributed by atoms with Crippen LogP contribution >= 0.6 is 0 Å². The first kappa shape index (κ1) is 15.0. The predicted octanol–water partition coefficient (Wildman–Crippen LogP) is 2.43. The Morgan fingerprint density at radius 1 is 1.22 bits per heavy atom. The molecule has 1 atom stereocenters. The number of benzene rings is 1. The molecule has 0 spiro atoms. The van der Waals surface area contributed by atoms with Crippen LogP contribution in [0.1, 0.15) is 31.9 Å². The average molecular weight is 251 g/mol. The molecular formula is C15H25NO2. The summed E-state index contributed by atoms with van der Waals surface area (Å²) in [5.41, 5.74) is 2.47. The van der Waals surface area contributed by atoms with E-state index in [4.69, 9.17) is 4.74 Å². The van der Waals surface area contributed by atoms with E-state index in [0.717, 1.165) is 5.75 Å². The molecule has 0 saturated carbocycles. The maximum absolute atomic E-state index is 9.81. The van der Waals surface area contributed by atoms with Crippen molar-refractivity contribution in [2.24, 2.45) is 0 Å². The van der Waals surface area contributed by atoms with E-state index < -0.39 is 6.10 Å². The van der Waals surface area contributed by atoms with Crippen LogP contribution in [0.15, 0.2) is 18.2 Å². The van der Waals surface area contributed by atoms with E-state index in [-0.39, 0.29) is 5.54 Å². The minimum absolute atomic E-state index is 0.0153. The molecule has 0 saturated heterocycles. The molecule has 2 N–H and O–H groups in total. The molecule has 0 aliphatic heterocycles. The normalized spacial score (nSPS) is 13.4. The zero-order chi connectivity index (χ0) is 13.8. The molecule has 0 bridgehead atoms. The predicted molar refractivity (Wildman–Crippen MR) is 75.2 cm³/mol. The Morgan fingerprint density at radius 2 is 1.89 bits per heavy atom. The first-order chi connectivity index (χ1) is 8.28. The Labute approximate surface area is 110 Å². The van der Waals surface area contributed by atoms with Gasteiger partial charge in [0.15, 0.2) is 0 Å². The third-order valence-electron chi connectivity index (χ3n) is 2.79. The monoisotopic (exact) mass is 251 g/mol. The largest absolute Gasteiger partial charge is 0.491 e. The lowest BCUT2D eigenvalue weighted by Gasteiger charge is -2.23. The molecule has 3 nitrogen and oxygen atoms in total. The molecule has 1 rings (SSSR count). The molecule has 3 heteroatoms. The molecule has 0 aliphatic carbocycles. The summed E-state index contributed by atoms with van der Waals surface area (Å²) in [6.07, 6.45) is -0.495. The van der Waals surface area contributed by atoms with E-state index in [2.05, 4.69) is 39.9 Å². The molecule has 1 unspecified atom stereocenters. The topological polar surface area (TPSA) is 41.5 Å². The summed E-state index contributed by atoms with van der Waals surface area (Å²) in [6, 6.07) is 5.97. The van der Waals surface area contributed by atoms with Gasteiger partial charge in [0.05, 0.1) is 0 Å². The Hall–Kier alpha value is -1.06. The number of hydrogen-bond acceptors (Lipinski definition) is 3. The quantitative estimate of drug-likeness (QED) is 0.844. The molecule has 1 aromatic carbocycles. The van der Waals surface area contributed by atoms with Crippen molar-refractivity contribution >= 4 is 0 Å². The van der Waals surface area contributed by atoms with Gasteiger partial charge in [0.2, 0.25) is 0 Å². The van der Waals surface area contributed by atoms with Crippen molar-refractivity contribution in [1.82, 2.24) is 5.32 Å². The van der Waals surface area contributed by atoms with Gasteiger partial charge in [-0.15, -0.1) is 0 Å². The van der Waals surface area contributed by atoms with Gasteiger partial charge in [-0.2, -0.15) is 0 Å². The number of rotatable bonds is 5. The van der Waals surface area contributed by atoms with Gasteiger partial charge in [-0.1, -0.05) is 6.07 Å². The Morgan fingerprint density at radius 3 is 2.44 bits per heavy atom. The Balaban J connectivity index is 2.38. The summed E-state index contributed by atoms with van der Waals surface area (Å²) < 4.78 is 5.58. The van der Waals surface area contributed by atoms with Crippen molar-refractivity contribution in [1.29, 1.82) is 0 Å². The van der Waals surface area contributed by atoms with Crippen LogP contribution in [-0.4, -0.2) is 29.9 Å². The van der Waals surface area contributed by atoms with Crippen LogP contribution < -0.4 is 10.1 Å². The zero-order valence-electron chi connectivity index (χ0n) is 12.1. The molecule has 0 radical (unpaired) electrons. The van der Waals surface area contributed by atoms with Crippen molar-refractivity contribution in [3.8, 4) is 5.75 Å². The van der Waals surface area contributed by atoms with Gasteiger partial charge < -0.3 is 15.2 Å². The van der Waals surface area contributed by atoms with Crippen LogP contribution in [0.5, 0.6) is 5.75 Å². The highest BCUT2D eigenvalue weighted by Crippen LogP contribution is 2.16. The van der Waals surface area contributed by atoms with Gasteiger partial charge >= 0.3 is 0 Å². The fourth-order valence-corrected chi connectivity index (χ4v) is 1.48. The number of aliphatic hydroxyl groups excluding tert-OH is 1. The van der Waals surface area contributed by atoms with Crippen molar-refractivity contribution in [2.75, 3.05) is 13.2 Å². The van der Waals surface area contributed by atoms with E-state index in [0.29, 0.717) is 13.2 Å². The standard InChI is InChI=1S/C15H25NO2/c1-11-6-7-14(8-12(11)2)18-10-13(17)9-16-15(3,4)5/h6-8,13,16-17H,9-10H2,1-5H3. The fourth-order valence-electron chi connectivity index (χ4n) is 1.48. The summed E-state index contributed by atoms with van der Waals surface area (Å²) in [4.78, 5) is 0. The second-order valence-electron chi connectivity index (χ2n) is 5.84. The Bertz CT molecular complexity index is 383. The van der Waals surface area contributed by atoms with Crippen LogP contribution in [0.2, 0.25) is 0 Å². The first-order valence-electron chi connectivity index (χ1n) is 6.41. The maximum atomic E-state index is 9.81. The lowest BCUT2D eigenvalue weighted by atomic mass is 10.1. The summed E-state index contributed by atoms with van der Waals surface area (Å²) in [5.74, 6) is 0.813. The van der Waals surface area contributed by atoms with Crippen molar-refractivity contribution < 1.29 is 9.84 Å². The second-order valence-corrected chi connectivity index (χ2v) is 5.84. The first-order valence-corrected chi connectivity index (χ1v) is 6.41. The van der Waals surface area contributed by atoms with Gasteiger partial charge in [0.25, 0.3) is 0 Å². The molecule has 102 valence electrons. The Kier molecular flexibility index (Phi) is 5.17. The highest BCUT2D eigenvalue weighted by Gasteiger charge is 2.12. The van der Waals surface area contributed by atoms with Crippen LogP contribution in [0.4, 0.5) is 0 Å². The van der Waals surface area contributed by atoms with E-state index in [1.165, 1.54) is 11.1 Å². The number of ether oxygens (including phenoxy) is 1. The lowest BCUT2D eigenvalue weighted by Crippen LogP contribution is -2.42. The smallest absolute Gasteiger partial charge is 0.119 e. The number of β-amino-alcohol motifs (C(OH)–C–C–N with tert-alkyl or cyclic N) is 1. The molecule has 0 amide bonds. The minimum atomic E-state index is -0.495. The summed E-state index contributed by atoms with van der Waals surface area (Å²) in [5, 5.41) is 13.1. The highest BCUT2D eigenvalue weighted by molar-refractivity contribution is 5.33. The van der Waals surface area contributed by atoms with Crippen molar-refractivity contribution in [2.45, 2.75) is 46.3 Å². The van der Waals surface area contributed by atoms with Crippen LogP contribution in [-0.2, 0) is 0 Å². The number of nitrogens with one attached hydrogen (secondary N) is 1. The minimum Gasteiger partial charge on any atom is -0.491 e. The zero-order valence-corrected chi connectivity index (χ0v) is 12.1. The maximum Gasteiger partial charge on any atom is 0.119 e. The molecule has 1 aromatic rings. The third kappa shape index (κ3) is 5.52. The molecule has 0 aliphatic rings. The van der Waals surface area contributed by atoms with E-state index in [1.807, 2.05) is 18.2 Å². The van der Waals surface area contributed by atoms with Crippen LogP contribution in [0.3, 0.4) is 0 Å². The third-order valence-corrected chi connectivity index (χ3v) is 2.79. The SMILES string of the molecule is Cc1ccc(OCC(O)CNC(C)(C)C)cc1C. The van der Waals surface area contributed by atoms with E-state index in [1.54, 1.807) is 0 Å². The van der Waals surface area contributed by atoms with Gasteiger partial charge in [-0.05, 0) is 57.9 Å². The molecule has 0 fully saturated rings. The van der Waals surface area contributed by atoms with Crippen molar-refractivity contribution in [3.63, 3.8) is 0 Å². The second kappa shape index (κ2) is 6.21. The van der Waals surface area contributed by atoms with Crippen LogP contribution in [0, 0.1) is 13.8 Å². The number of aryl methyl sites for hydroxylation is 2. The number of hydrogen-bond donors (Lipinski definition) is 2. The van der Waals surface area contributed by atoms with Crippen LogP contribution in [0.25, 0.3) is 0 Å². The van der Waals surface area contributed by atoms with Gasteiger partial charge in [-0.25, -0.2) is 0 Å². The average Bonchev–Trinajstić information content (AvgIpc) is 2.27. The van der Waals surface area contributed by atoms with E-state index >= 15 is 0 Å². The molecular weight excluding hydrogens is 226 g/mol. The summed E-state index contributed by atoms with van der Waals surface area (Å²) >= 11 is 0. The van der Waals surface area contributed by atoms with Gasteiger partial charge in [0.1, 0.15) is 18.5 Å². The summed E-state index contributed by atoms with van der Waals surface area (Å²) in [6.45, 7) is 11.2. The molecule has 18 heavy (non-hydrogen) atoms. The van der Waals surface area contributed by atoms with Crippen molar-refractivity contribution in [3.05, 3.63) is 29.3 Å². The van der Waals surface area contributed by atoms with Gasteiger partial charge in [-0.3, -0.25) is 0 Å². The fraction of sp³-hybridized carbons (Fsp3) is 0.600. The highest BCUT2D eigenvalue weighted by atomic mass is 16.5. The van der Waals surface area contributed by atoms with Gasteiger partial charge in [0, 0.05) is 12.1 Å². The number of aliphatic hydroxyl groups is 1. The molecule has 0 aromatic heterocycles.